The molecule has 0 amide bonds. The lowest BCUT2D eigenvalue weighted by Gasteiger charge is -2.05. The number of carboxylic acids is 1. The quantitative estimate of drug-likeness (QED) is 0.734. The maximum atomic E-state index is 12.2. The van der Waals surface area contributed by atoms with Crippen LogP contribution in [0, 0.1) is 0 Å². The predicted molar refractivity (Wildman–Crippen MR) is 74.4 cm³/mol. The number of rotatable bonds is 4. The summed E-state index contributed by atoms with van der Waals surface area (Å²) in [5.74, 6) is -1.66. The molecule has 22 heavy (non-hydrogen) atoms. The number of aromatic carboxylic acids is 1. The number of aromatic nitrogens is 3. The van der Waals surface area contributed by atoms with Crippen LogP contribution in [0.3, 0.4) is 0 Å². The number of carbonyl (C=O) groups is 2. The summed E-state index contributed by atoms with van der Waals surface area (Å²) in [7, 11) is 0. The molecule has 0 spiro atoms. The van der Waals surface area contributed by atoms with E-state index in [1.165, 1.54) is 18.5 Å². The Hall–Kier alpha value is -3.35. The van der Waals surface area contributed by atoms with Crippen LogP contribution in [0.5, 0.6) is 0 Å². The van der Waals surface area contributed by atoms with E-state index in [2.05, 4.69) is 15.0 Å². The van der Waals surface area contributed by atoms with Crippen LogP contribution in [-0.2, 0) is 0 Å². The van der Waals surface area contributed by atoms with Crippen molar-refractivity contribution < 1.29 is 19.1 Å². The molecule has 0 aromatic carbocycles. The van der Waals surface area contributed by atoms with E-state index in [9.17, 15) is 14.7 Å². The first-order valence-electron chi connectivity index (χ1n) is 6.26. The molecule has 108 valence electrons. The van der Waals surface area contributed by atoms with E-state index < -0.39 is 11.8 Å². The first-order chi connectivity index (χ1) is 10.7. The fourth-order valence-electron chi connectivity index (χ4n) is 1.89. The third kappa shape index (κ3) is 2.47. The lowest BCUT2D eigenvalue weighted by atomic mass is 10.1. The second kappa shape index (κ2) is 5.57. The lowest BCUT2D eigenvalue weighted by molar-refractivity contribution is 0.0685. The van der Waals surface area contributed by atoms with Crippen molar-refractivity contribution in [2.24, 2.45) is 0 Å². The molecule has 0 bridgehead atoms. The highest BCUT2D eigenvalue weighted by Crippen LogP contribution is 2.18. The zero-order valence-electron chi connectivity index (χ0n) is 11.1. The predicted octanol–water partition coefficient (Wildman–Crippen LogP) is 2.06. The molecule has 0 fully saturated rings. The molecule has 3 aromatic heterocycles. The molecule has 0 aliphatic carbocycles. The van der Waals surface area contributed by atoms with Crippen LogP contribution in [0.25, 0.3) is 11.4 Å². The molecule has 0 saturated carbocycles. The zero-order chi connectivity index (χ0) is 15.5. The van der Waals surface area contributed by atoms with Crippen LogP contribution in [0.2, 0.25) is 0 Å². The van der Waals surface area contributed by atoms with Crippen molar-refractivity contribution in [1.82, 2.24) is 15.0 Å². The first kappa shape index (κ1) is 13.6. The minimum Gasteiger partial charge on any atom is -0.476 e. The number of ketones is 1. The summed E-state index contributed by atoms with van der Waals surface area (Å²) >= 11 is 0. The van der Waals surface area contributed by atoms with Gasteiger partial charge in [0.25, 0.3) is 0 Å². The van der Waals surface area contributed by atoms with Crippen molar-refractivity contribution in [3.8, 4) is 11.4 Å². The minimum atomic E-state index is -1.31. The van der Waals surface area contributed by atoms with Crippen LogP contribution in [-0.4, -0.2) is 31.8 Å². The van der Waals surface area contributed by atoms with Gasteiger partial charge in [-0.15, -0.1) is 0 Å². The van der Waals surface area contributed by atoms with Gasteiger partial charge in [-0.1, -0.05) is 0 Å². The molecule has 3 rings (SSSR count). The summed E-state index contributed by atoms with van der Waals surface area (Å²) in [6.07, 6.45) is 5.61. The Balaban J connectivity index is 2.09. The smallest absolute Gasteiger partial charge is 0.355 e. The van der Waals surface area contributed by atoms with Crippen LogP contribution in [0.4, 0.5) is 0 Å². The van der Waals surface area contributed by atoms with Gasteiger partial charge in [0.2, 0.25) is 5.78 Å². The van der Waals surface area contributed by atoms with Crippen LogP contribution >= 0.6 is 0 Å². The fraction of sp³-hybridized carbons (Fsp3) is 0. The summed E-state index contributed by atoms with van der Waals surface area (Å²) in [4.78, 5) is 35.5. The third-order valence-corrected chi connectivity index (χ3v) is 2.92. The fourth-order valence-corrected chi connectivity index (χ4v) is 1.89. The topological polar surface area (TPSA) is 106 Å². The van der Waals surface area contributed by atoms with Crippen molar-refractivity contribution >= 4 is 11.8 Å². The lowest BCUT2D eigenvalue weighted by Crippen LogP contribution is -2.13. The molecule has 3 aromatic rings. The largest absolute Gasteiger partial charge is 0.476 e. The second-order valence-electron chi connectivity index (χ2n) is 4.30. The van der Waals surface area contributed by atoms with Gasteiger partial charge < -0.3 is 9.52 Å². The van der Waals surface area contributed by atoms with E-state index in [4.69, 9.17) is 4.42 Å². The van der Waals surface area contributed by atoms with Gasteiger partial charge in [-0.25, -0.2) is 14.8 Å². The number of carboxylic acid groups (broad SMARTS) is 1. The highest BCUT2D eigenvalue weighted by Gasteiger charge is 2.23. The highest BCUT2D eigenvalue weighted by molar-refractivity contribution is 6.12. The number of carbonyl (C=O) groups excluding carboxylic acids is 1. The van der Waals surface area contributed by atoms with E-state index in [1.807, 2.05) is 0 Å². The first-order valence-corrected chi connectivity index (χ1v) is 6.26. The van der Waals surface area contributed by atoms with Crippen LogP contribution in [0.1, 0.15) is 26.6 Å². The van der Waals surface area contributed by atoms with Gasteiger partial charge >= 0.3 is 5.97 Å². The van der Waals surface area contributed by atoms with E-state index >= 15 is 0 Å². The molecule has 0 aliphatic rings. The molecule has 7 nitrogen and oxygen atoms in total. The van der Waals surface area contributed by atoms with Gasteiger partial charge in [0.15, 0.2) is 17.3 Å². The van der Waals surface area contributed by atoms with Gasteiger partial charge in [0.05, 0.1) is 11.8 Å². The minimum absolute atomic E-state index is 0.0303. The van der Waals surface area contributed by atoms with Crippen molar-refractivity contribution in [3.63, 3.8) is 0 Å². The molecule has 0 saturated heterocycles. The average molecular weight is 295 g/mol. The zero-order valence-corrected chi connectivity index (χ0v) is 11.1. The maximum absolute atomic E-state index is 12.2. The van der Waals surface area contributed by atoms with Crippen LogP contribution < -0.4 is 0 Å². The van der Waals surface area contributed by atoms with Crippen molar-refractivity contribution in [2.75, 3.05) is 0 Å². The van der Waals surface area contributed by atoms with E-state index in [0.717, 1.165) is 0 Å². The summed E-state index contributed by atoms with van der Waals surface area (Å²) in [5, 5.41) is 9.30. The Morgan fingerprint density at radius 2 is 1.91 bits per heavy atom. The van der Waals surface area contributed by atoms with E-state index in [0.29, 0.717) is 5.56 Å². The number of furan rings is 1. The Labute approximate surface area is 124 Å². The number of pyridine rings is 1. The monoisotopic (exact) mass is 295 g/mol. The highest BCUT2D eigenvalue weighted by atomic mass is 16.4. The van der Waals surface area contributed by atoms with Crippen LogP contribution in [0.15, 0.2) is 53.5 Å². The van der Waals surface area contributed by atoms with Gasteiger partial charge in [-0.3, -0.25) is 9.78 Å². The number of hydrogen-bond donors (Lipinski definition) is 1. The molecule has 0 aliphatic heterocycles. The maximum Gasteiger partial charge on any atom is 0.355 e. The summed E-state index contributed by atoms with van der Waals surface area (Å²) < 4.78 is 4.99. The molecular formula is C15H9N3O4. The Kier molecular flexibility index (Phi) is 3.45. The normalized spacial score (nSPS) is 10.4. The Bertz CT molecular complexity index is 829. The number of nitrogens with zero attached hydrogens (tertiary/aromatic N) is 3. The third-order valence-electron chi connectivity index (χ3n) is 2.92. The Morgan fingerprint density at radius 1 is 1.14 bits per heavy atom. The van der Waals surface area contributed by atoms with Gasteiger partial charge in [-0.2, -0.15) is 0 Å². The summed E-state index contributed by atoms with van der Waals surface area (Å²) in [5.41, 5.74) is 0.109. The van der Waals surface area contributed by atoms with Crippen molar-refractivity contribution in [3.05, 3.63) is 66.1 Å². The molecule has 1 N–H and O–H groups in total. The molecular weight excluding hydrogens is 286 g/mol. The van der Waals surface area contributed by atoms with Crippen molar-refractivity contribution in [1.29, 1.82) is 0 Å². The molecule has 0 radical (unpaired) electrons. The molecule has 3 heterocycles. The van der Waals surface area contributed by atoms with Gasteiger partial charge in [0, 0.05) is 24.2 Å². The van der Waals surface area contributed by atoms with E-state index in [1.54, 1.807) is 30.6 Å². The second-order valence-corrected chi connectivity index (χ2v) is 4.30. The van der Waals surface area contributed by atoms with Gasteiger partial charge in [-0.05, 0) is 24.3 Å². The standard InChI is InChI=1S/C15H9N3O4/c19-13(11-2-1-7-22-11)10-8-17-14(18-12(10)15(20)21)9-3-5-16-6-4-9/h1-8H,(H,20,21). The summed E-state index contributed by atoms with van der Waals surface area (Å²) in [6, 6.07) is 6.29. The molecule has 0 atom stereocenters. The SMILES string of the molecule is O=C(c1ccco1)c1cnc(-c2ccncc2)nc1C(=O)O. The Morgan fingerprint density at radius 3 is 2.55 bits per heavy atom. The summed E-state index contributed by atoms with van der Waals surface area (Å²) in [6.45, 7) is 0. The molecule has 0 unspecified atom stereocenters. The average Bonchev–Trinajstić information content (AvgIpc) is 3.09. The van der Waals surface area contributed by atoms with E-state index in [-0.39, 0.29) is 22.8 Å². The van der Waals surface area contributed by atoms with Gasteiger partial charge in [0.1, 0.15) is 0 Å². The number of hydrogen-bond acceptors (Lipinski definition) is 6. The molecule has 7 heteroatoms. The van der Waals surface area contributed by atoms with Crippen molar-refractivity contribution in [2.45, 2.75) is 0 Å².